The summed E-state index contributed by atoms with van der Waals surface area (Å²) in [5, 5.41) is 1.99. The van der Waals surface area contributed by atoms with Crippen LogP contribution in [0.15, 0.2) is 34.0 Å². The Hall–Kier alpha value is -1.53. The molecule has 0 radical (unpaired) electrons. The Morgan fingerprint density at radius 3 is 2.67 bits per heavy atom. The van der Waals surface area contributed by atoms with E-state index >= 15 is 0 Å². The summed E-state index contributed by atoms with van der Waals surface area (Å²) in [4.78, 5) is 18.2. The molecular formula is C15H18N2O2S2. The number of rotatable bonds is 6. The Morgan fingerprint density at radius 1 is 1.38 bits per heavy atom. The molecule has 0 aliphatic carbocycles. The molecule has 0 N–H and O–H groups in total. The second-order valence-electron chi connectivity index (χ2n) is 4.64. The van der Waals surface area contributed by atoms with E-state index in [0.717, 1.165) is 21.3 Å². The number of aryl methyl sites for hydroxylation is 1. The first kappa shape index (κ1) is 15.9. The summed E-state index contributed by atoms with van der Waals surface area (Å²) < 4.78 is 6.06. The van der Waals surface area contributed by atoms with E-state index in [1.807, 2.05) is 43.6 Å². The minimum Gasteiger partial charge on any atom is -0.497 e. The molecule has 0 saturated heterocycles. The summed E-state index contributed by atoms with van der Waals surface area (Å²) in [6, 6.07) is 7.75. The SMILES string of the molecule is COc1ccc(CN(C)C(=O)CSc2nc(C)cs2)cc1. The molecule has 0 aliphatic rings. The third-order valence-electron chi connectivity index (χ3n) is 2.92. The Balaban J connectivity index is 1.83. The minimum atomic E-state index is 0.101. The van der Waals surface area contributed by atoms with E-state index < -0.39 is 0 Å². The summed E-state index contributed by atoms with van der Waals surface area (Å²) in [6.45, 7) is 2.55. The van der Waals surface area contributed by atoms with Gasteiger partial charge in [0.15, 0.2) is 4.34 Å². The number of methoxy groups -OCH3 is 1. The van der Waals surface area contributed by atoms with Crippen LogP contribution in [0, 0.1) is 6.92 Å². The minimum absolute atomic E-state index is 0.101. The molecule has 1 aromatic carbocycles. The Kier molecular flexibility index (Phi) is 5.64. The predicted molar refractivity (Wildman–Crippen MR) is 87.0 cm³/mol. The lowest BCUT2D eigenvalue weighted by atomic mass is 10.2. The monoisotopic (exact) mass is 322 g/mol. The van der Waals surface area contributed by atoms with Gasteiger partial charge in [0, 0.05) is 24.7 Å². The van der Waals surface area contributed by atoms with E-state index in [-0.39, 0.29) is 5.91 Å². The highest BCUT2D eigenvalue weighted by Gasteiger charge is 2.11. The van der Waals surface area contributed by atoms with Crippen LogP contribution in [0.1, 0.15) is 11.3 Å². The van der Waals surface area contributed by atoms with Gasteiger partial charge in [0.1, 0.15) is 5.75 Å². The second kappa shape index (κ2) is 7.47. The number of carbonyl (C=O) groups is 1. The zero-order chi connectivity index (χ0) is 15.2. The summed E-state index contributed by atoms with van der Waals surface area (Å²) >= 11 is 3.07. The van der Waals surface area contributed by atoms with Crippen molar-refractivity contribution in [1.82, 2.24) is 9.88 Å². The van der Waals surface area contributed by atoms with Crippen molar-refractivity contribution in [2.45, 2.75) is 17.8 Å². The van der Waals surface area contributed by atoms with Crippen LogP contribution in [0.25, 0.3) is 0 Å². The van der Waals surface area contributed by atoms with Crippen molar-refractivity contribution in [2.75, 3.05) is 19.9 Å². The smallest absolute Gasteiger partial charge is 0.233 e. The molecule has 112 valence electrons. The van der Waals surface area contributed by atoms with Crippen LogP contribution >= 0.6 is 23.1 Å². The van der Waals surface area contributed by atoms with Gasteiger partial charge in [0.05, 0.1) is 12.9 Å². The van der Waals surface area contributed by atoms with Gasteiger partial charge in [-0.2, -0.15) is 0 Å². The summed E-state index contributed by atoms with van der Waals surface area (Å²) in [5.74, 6) is 1.34. The molecule has 6 heteroatoms. The Labute approximate surface area is 133 Å². The largest absolute Gasteiger partial charge is 0.497 e. The second-order valence-corrected chi connectivity index (χ2v) is 6.72. The Bertz CT molecular complexity index is 596. The molecule has 0 spiro atoms. The predicted octanol–water partition coefficient (Wildman–Crippen LogP) is 3.21. The maximum atomic E-state index is 12.1. The van der Waals surface area contributed by atoms with Crippen molar-refractivity contribution < 1.29 is 9.53 Å². The number of benzene rings is 1. The van der Waals surface area contributed by atoms with Crippen molar-refractivity contribution in [3.8, 4) is 5.75 Å². The average Bonchev–Trinajstić information content (AvgIpc) is 2.91. The first-order valence-electron chi connectivity index (χ1n) is 6.50. The van der Waals surface area contributed by atoms with Gasteiger partial charge in [-0.25, -0.2) is 4.98 Å². The third kappa shape index (κ3) is 4.75. The fourth-order valence-electron chi connectivity index (χ4n) is 1.73. The van der Waals surface area contributed by atoms with Gasteiger partial charge >= 0.3 is 0 Å². The van der Waals surface area contributed by atoms with Crippen molar-refractivity contribution >= 4 is 29.0 Å². The molecule has 0 aliphatic heterocycles. The van der Waals surface area contributed by atoms with Crippen LogP contribution in [0.4, 0.5) is 0 Å². The molecule has 0 saturated carbocycles. The Morgan fingerprint density at radius 2 is 2.10 bits per heavy atom. The standard InChI is InChI=1S/C15H18N2O2S2/c1-11-9-20-15(16-11)21-10-14(18)17(2)8-12-4-6-13(19-3)7-5-12/h4-7,9H,8,10H2,1-3H3. The number of hydrogen-bond acceptors (Lipinski definition) is 5. The zero-order valence-electron chi connectivity index (χ0n) is 12.3. The van der Waals surface area contributed by atoms with Crippen LogP contribution in [-0.2, 0) is 11.3 Å². The molecule has 0 bridgehead atoms. The molecule has 2 rings (SSSR count). The van der Waals surface area contributed by atoms with E-state index in [1.165, 1.54) is 11.8 Å². The third-order valence-corrected chi connectivity index (χ3v) is 5.05. The number of nitrogens with zero attached hydrogens (tertiary/aromatic N) is 2. The van der Waals surface area contributed by atoms with Crippen molar-refractivity contribution in [2.24, 2.45) is 0 Å². The maximum absolute atomic E-state index is 12.1. The van der Waals surface area contributed by atoms with E-state index in [9.17, 15) is 4.79 Å². The number of ether oxygens (including phenoxy) is 1. The van der Waals surface area contributed by atoms with E-state index in [0.29, 0.717) is 12.3 Å². The average molecular weight is 322 g/mol. The van der Waals surface area contributed by atoms with Crippen molar-refractivity contribution in [3.63, 3.8) is 0 Å². The molecule has 0 fully saturated rings. The van der Waals surface area contributed by atoms with Crippen LogP contribution in [-0.4, -0.2) is 35.7 Å². The van der Waals surface area contributed by atoms with Crippen LogP contribution in [0.3, 0.4) is 0 Å². The molecule has 1 aromatic heterocycles. The summed E-state index contributed by atoms with van der Waals surface area (Å²) in [5.41, 5.74) is 2.09. The lowest BCUT2D eigenvalue weighted by Crippen LogP contribution is -2.27. The fraction of sp³-hybridized carbons (Fsp3) is 0.333. The van der Waals surface area contributed by atoms with Crippen LogP contribution in [0.2, 0.25) is 0 Å². The molecule has 0 atom stereocenters. The normalized spacial score (nSPS) is 10.4. The maximum Gasteiger partial charge on any atom is 0.233 e. The topological polar surface area (TPSA) is 42.4 Å². The van der Waals surface area contributed by atoms with Gasteiger partial charge in [-0.15, -0.1) is 11.3 Å². The molecule has 1 amide bonds. The molecule has 0 unspecified atom stereocenters. The number of amides is 1. The van der Waals surface area contributed by atoms with Gasteiger partial charge in [-0.3, -0.25) is 4.79 Å². The van der Waals surface area contributed by atoms with Gasteiger partial charge in [0.2, 0.25) is 5.91 Å². The van der Waals surface area contributed by atoms with Gasteiger partial charge in [0.25, 0.3) is 0 Å². The highest BCUT2D eigenvalue weighted by atomic mass is 32.2. The summed E-state index contributed by atoms with van der Waals surface area (Å²) in [7, 11) is 3.46. The van der Waals surface area contributed by atoms with Gasteiger partial charge in [-0.05, 0) is 24.6 Å². The highest BCUT2D eigenvalue weighted by molar-refractivity contribution is 8.01. The van der Waals surface area contributed by atoms with Crippen molar-refractivity contribution in [1.29, 1.82) is 0 Å². The number of thiazole rings is 1. The number of aromatic nitrogens is 1. The number of hydrogen-bond donors (Lipinski definition) is 0. The zero-order valence-corrected chi connectivity index (χ0v) is 14.0. The van der Waals surface area contributed by atoms with Gasteiger partial charge in [-0.1, -0.05) is 23.9 Å². The molecule has 2 aromatic rings. The number of carbonyl (C=O) groups excluding carboxylic acids is 1. The van der Waals surface area contributed by atoms with Crippen LogP contribution in [0.5, 0.6) is 5.75 Å². The molecule has 4 nitrogen and oxygen atoms in total. The lowest BCUT2D eigenvalue weighted by Gasteiger charge is -2.17. The van der Waals surface area contributed by atoms with Gasteiger partial charge < -0.3 is 9.64 Å². The van der Waals surface area contributed by atoms with E-state index in [1.54, 1.807) is 23.3 Å². The van der Waals surface area contributed by atoms with Crippen LogP contribution < -0.4 is 4.74 Å². The van der Waals surface area contributed by atoms with E-state index in [4.69, 9.17) is 4.74 Å². The number of thioether (sulfide) groups is 1. The molecule has 1 heterocycles. The quantitative estimate of drug-likeness (QED) is 0.766. The first-order chi connectivity index (χ1) is 10.1. The fourth-order valence-corrected chi connectivity index (χ4v) is 3.52. The highest BCUT2D eigenvalue weighted by Crippen LogP contribution is 2.22. The van der Waals surface area contributed by atoms with Crippen molar-refractivity contribution in [3.05, 3.63) is 40.9 Å². The lowest BCUT2D eigenvalue weighted by molar-refractivity contribution is -0.127. The summed E-state index contributed by atoms with van der Waals surface area (Å²) in [6.07, 6.45) is 0. The molecular weight excluding hydrogens is 304 g/mol. The molecule has 21 heavy (non-hydrogen) atoms. The van der Waals surface area contributed by atoms with E-state index in [2.05, 4.69) is 4.98 Å². The first-order valence-corrected chi connectivity index (χ1v) is 8.37.